The summed E-state index contributed by atoms with van der Waals surface area (Å²) in [6.07, 6.45) is 2.26. The van der Waals surface area contributed by atoms with Crippen LogP contribution in [0.4, 0.5) is 5.69 Å². The van der Waals surface area contributed by atoms with Crippen LogP contribution in [0.25, 0.3) is 0 Å². The Kier molecular flexibility index (Phi) is 6.15. The molecule has 2 heterocycles. The number of fused-ring (bicyclic) bond motifs is 1. The minimum atomic E-state index is -0.468. The number of likely N-dealkylation sites (tertiary alicyclic amines) is 1. The Bertz CT molecular complexity index is 1050. The lowest BCUT2D eigenvalue weighted by Gasteiger charge is -2.44. The van der Waals surface area contributed by atoms with Crippen molar-refractivity contribution >= 4 is 23.2 Å². The molecule has 0 bridgehead atoms. The molecule has 2 aliphatic rings. The van der Waals surface area contributed by atoms with Crippen LogP contribution in [0, 0.1) is 13.8 Å². The van der Waals surface area contributed by atoms with Crippen LogP contribution in [-0.4, -0.2) is 47.6 Å². The Hall–Kier alpha value is -2.99. The standard InChI is InChI=1S/C26H30N2O4/c1-4-25(31)27-20-7-5-19(6-8-20)23(30)16-28-11-9-26(10-12-28)15-22(29)21-13-17(2)18(3)14-24(21)32-26/h5-8,13-14H,4,9-12,15-16H2,1-3H3,(H,27,31). The summed E-state index contributed by atoms with van der Waals surface area (Å²) in [6, 6.07) is 10.9. The zero-order valence-corrected chi connectivity index (χ0v) is 19.0. The maximum atomic E-state index is 12.8. The molecule has 4 rings (SSSR count). The van der Waals surface area contributed by atoms with E-state index in [4.69, 9.17) is 4.74 Å². The van der Waals surface area contributed by atoms with E-state index in [-0.39, 0.29) is 17.5 Å². The largest absolute Gasteiger partial charge is 0.486 e. The third-order valence-corrected chi connectivity index (χ3v) is 6.65. The summed E-state index contributed by atoms with van der Waals surface area (Å²) < 4.78 is 6.39. The van der Waals surface area contributed by atoms with Crippen molar-refractivity contribution in [2.24, 2.45) is 0 Å². The summed E-state index contributed by atoms with van der Waals surface area (Å²) in [7, 11) is 0. The first-order chi connectivity index (χ1) is 15.3. The van der Waals surface area contributed by atoms with Gasteiger partial charge in [0.25, 0.3) is 0 Å². The van der Waals surface area contributed by atoms with Crippen molar-refractivity contribution < 1.29 is 19.1 Å². The molecule has 1 saturated heterocycles. The van der Waals surface area contributed by atoms with Crippen LogP contribution < -0.4 is 10.1 Å². The van der Waals surface area contributed by atoms with E-state index in [9.17, 15) is 14.4 Å². The lowest BCUT2D eigenvalue weighted by atomic mass is 9.82. The van der Waals surface area contributed by atoms with Crippen LogP contribution in [0.1, 0.15) is 64.4 Å². The van der Waals surface area contributed by atoms with E-state index in [0.717, 1.165) is 24.0 Å². The maximum absolute atomic E-state index is 12.8. The van der Waals surface area contributed by atoms with Crippen LogP contribution in [0.3, 0.4) is 0 Å². The van der Waals surface area contributed by atoms with Gasteiger partial charge in [-0.1, -0.05) is 6.92 Å². The van der Waals surface area contributed by atoms with Crippen LogP contribution in [0.2, 0.25) is 0 Å². The normalized spacial score (nSPS) is 17.5. The second kappa shape index (κ2) is 8.87. The Morgan fingerprint density at radius 1 is 1.06 bits per heavy atom. The van der Waals surface area contributed by atoms with Crippen molar-refractivity contribution in [3.63, 3.8) is 0 Å². The van der Waals surface area contributed by atoms with E-state index in [0.29, 0.717) is 55.0 Å². The predicted octanol–water partition coefficient (Wildman–Crippen LogP) is 4.33. The van der Waals surface area contributed by atoms with Gasteiger partial charge in [-0.15, -0.1) is 0 Å². The van der Waals surface area contributed by atoms with Gasteiger partial charge in [0.15, 0.2) is 11.6 Å². The fourth-order valence-corrected chi connectivity index (χ4v) is 4.43. The van der Waals surface area contributed by atoms with Crippen LogP contribution in [0.15, 0.2) is 36.4 Å². The minimum absolute atomic E-state index is 0.0476. The first kappa shape index (κ1) is 22.2. The van der Waals surface area contributed by atoms with E-state index in [1.54, 1.807) is 31.2 Å². The quantitative estimate of drug-likeness (QED) is 0.709. The topological polar surface area (TPSA) is 75.7 Å². The number of carbonyl (C=O) groups is 3. The van der Waals surface area contributed by atoms with Crippen molar-refractivity contribution in [1.29, 1.82) is 0 Å². The Morgan fingerprint density at radius 3 is 2.38 bits per heavy atom. The highest BCUT2D eigenvalue weighted by atomic mass is 16.5. The van der Waals surface area contributed by atoms with Gasteiger partial charge in [-0.3, -0.25) is 19.3 Å². The number of ether oxygens (including phenoxy) is 1. The number of anilines is 1. The summed E-state index contributed by atoms with van der Waals surface area (Å²) >= 11 is 0. The van der Waals surface area contributed by atoms with Gasteiger partial charge in [0.1, 0.15) is 11.4 Å². The highest BCUT2D eigenvalue weighted by Gasteiger charge is 2.43. The van der Waals surface area contributed by atoms with Gasteiger partial charge >= 0.3 is 0 Å². The van der Waals surface area contributed by atoms with Crippen LogP contribution in [-0.2, 0) is 4.79 Å². The lowest BCUT2D eigenvalue weighted by Crippen LogP contribution is -2.51. The Labute approximate surface area is 188 Å². The molecule has 0 saturated carbocycles. The monoisotopic (exact) mass is 434 g/mol. The number of piperidine rings is 1. The fourth-order valence-electron chi connectivity index (χ4n) is 4.43. The summed E-state index contributed by atoms with van der Waals surface area (Å²) in [6.45, 7) is 7.60. The molecule has 1 fully saturated rings. The van der Waals surface area contributed by atoms with Gasteiger partial charge in [0.2, 0.25) is 5.91 Å². The smallest absolute Gasteiger partial charge is 0.224 e. The highest BCUT2D eigenvalue weighted by Crippen LogP contribution is 2.40. The third-order valence-electron chi connectivity index (χ3n) is 6.65. The number of benzene rings is 2. The number of carbonyl (C=O) groups excluding carboxylic acids is 3. The number of hydrogen-bond acceptors (Lipinski definition) is 5. The summed E-state index contributed by atoms with van der Waals surface area (Å²) in [5, 5.41) is 2.79. The molecular weight excluding hydrogens is 404 g/mol. The summed E-state index contributed by atoms with van der Waals surface area (Å²) in [5.74, 6) is 0.840. The average molecular weight is 435 g/mol. The Morgan fingerprint density at radius 2 is 1.72 bits per heavy atom. The van der Waals surface area contributed by atoms with E-state index < -0.39 is 5.60 Å². The molecule has 6 heteroatoms. The fraction of sp³-hybridized carbons (Fsp3) is 0.423. The van der Waals surface area contributed by atoms with Gasteiger partial charge in [-0.25, -0.2) is 0 Å². The van der Waals surface area contributed by atoms with Gasteiger partial charge in [-0.05, 0) is 61.4 Å². The van der Waals surface area contributed by atoms with Crippen molar-refractivity contribution in [3.8, 4) is 5.75 Å². The van der Waals surface area contributed by atoms with Gasteiger partial charge in [0, 0.05) is 43.6 Å². The van der Waals surface area contributed by atoms with E-state index in [1.165, 1.54) is 0 Å². The number of hydrogen-bond donors (Lipinski definition) is 1. The zero-order chi connectivity index (χ0) is 22.9. The molecule has 1 amide bonds. The van der Waals surface area contributed by atoms with Crippen molar-refractivity contribution in [2.75, 3.05) is 25.0 Å². The molecular formula is C26H30N2O4. The number of aryl methyl sites for hydroxylation is 2. The number of amides is 1. The maximum Gasteiger partial charge on any atom is 0.224 e. The molecule has 1 spiro atoms. The molecule has 0 radical (unpaired) electrons. The van der Waals surface area contributed by atoms with Crippen molar-refractivity contribution in [3.05, 3.63) is 58.7 Å². The van der Waals surface area contributed by atoms with Crippen LogP contribution in [0.5, 0.6) is 5.75 Å². The average Bonchev–Trinajstić information content (AvgIpc) is 2.77. The molecule has 0 atom stereocenters. The molecule has 6 nitrogen and oxygen atoms in total. The molecule has 168 valence electrons. The molecule has 2 aromatic carbocycles. The predicted molar refractivity (Wildman–Crippen MR) is 124 cm³/mol. The Balaban J connectivity index is 1.36. The lowest BCUT2D eigenvalue weighted by molar-refractivity contribution is -0.115. The molecule has 0 unspecified atom stereocenters. The molecule has 1 N–H and O–H groups in total. The summed E-state index contributed by atoms with van der Waals surface area (Å²) in [4.78, 5) is 39.2. The number of rotatable bonds is 5. The first-order valence-corrected chi connectivity index (χ1v) is 11.3. The minimum Gasteiger partial charge on any atom is -0.486 e. The van der Waals surface area contributed by atoms with Gasteiger partial charge in [-0.2, -0.15) is 0 Å². The SMILES string of the molecule is CCC(=O)Nc1ccc(C(=O)CN2CCC3(CC2)CC(=O)c2cc(C)c(C)cc2O3)cc1. The van der Waals surface area contributed by atoms with Crippen LogP contribution >= 0.6 is 0 Å². The van der Waals surface area contributed by atoms with Crippen molar-refractivity contribution in [1.82, 2.24) is 4.90 Å². The van der Waals surface area contributed by atoms with E-state index >= 15 is 0 Å². The molecule has 2 aliphatic heterocycles. The van der Waals surface area contributed by atoms with Crippen molar-refractivity contribution in [2.45, 2.75) is 52.1 Å². The van der Waals surface area contributed by atoms with Gasteiger partial charge in [0.05, 0.1) is 18.5 Å². The number of Topliss-reactive ketones (excluding diaryl/α,β-unsaturated/α-hetero) is 2. The van der Waals surface area contributed by atoms with E-state index in [2.05, 4.69) is 10.2 Å². The summed E-state index contributed by atoms with van der Waals surface area (Å²) in [5.41, 5.74) is 3.77. The number of nitrogens with one attached hydrogen (secondary N) is 1. The molecule has 0 aromatic heterocycles. The highest BCUT2D eigenvalue weighted by molar-refractivity contribution is 6.01. The second-order valence-corrected chi connectivity index (χ2v) is 9.00. The zero-order valence-electron chi connectivity index (χ0n) is 19.0. The first-order valence-electron chi connectivity index (χ1n) is 11.3. The van der Waals surface area contributed by atoms with E-state index in [1.807, 2.05) is 26.0 Å². The second-order valence-electron chi connectivity index (χ2n) is 9.00. The molecule has 32 heavy (non-hydrogen) atoms. The third kappa shape index (κ3) is 4.60. The molecule has 0 aliphatic carbocycles. The number of ketones is 2. The number of nitrogens with zero attached hydrogens (tertiary/aromatic N) is 1. The molecule has 2 aromatic rings. The van der Waals surface area contributed by atoms with Gasteiger partial charge < -0.3 is 10.1 Å².